The Hall–Kier alpha value is -0.900. The molecule has 0 radical (unpaired) electrons. The highest BCUT2D eigenvalue weighted by Crippen LogP contribution is 2.18. The van der Waals surface area contributed by atoms with E-state index in [-0.39, 0.29) is 12.1 Å². The maximum atomic E-state index is 5.84. The van der Waals surface area contributed by atoms with Crippen LogP contribution in [0.4, 0.5) is 0 Å². The Morgan fingerprint density at radius 3 is 2.26 bits per heavy atom. The molecule has 3 heteroatoms. The first-order valence-electron chi connectivity index (χ1n) is 6.99. The molecule has 0 heterocycles. The SMILES string of the molecule is CCNC(COC(C)COC)c1cc(C)cc(C)c1. The average molecular weight is 265 g/mol. The number of aryl methyl sites for hydroxylation is 2. The summed E-state index contributed by atoms with van der Waals surface area (Å²) in [6, 6.07) is 6.89. The molecule has 0 bridgehead atoms. The predicted molar refractivity (Wildman–Crippen MR) is 79.6 cm³/mol. The molecule has 2 atom stereocenters. The van der Waals surface area contributed by atoms with E-state index in [2.05, 4.69) is 44.3 Å². The van der Waals surface area contributed by atoms with E-state index in [4.69, 9.17) is 9.47 Å². The number of hydrogen-bond donors (Lipinski definition) is 1. The maximum Gasteiger partial charge on any atom is 0.0781 e. The van der Waals surface area contributed by atoms with E-state index in [0.29, 0.717) is 13.2 Å². The molecule has 2 unspecified atom stereocenters. The number of methoxy groups -OCH3 is 1. The summed E-state index contributed by atoms with van der Waals surface area (Å²) in [6.45, 7) is 10.6. The van der Waals surface area contributed by atoms with Crippen LogP contribution >= 0.6 is 0 Å². The lowest BCUT2D eigenvalue weighted by Gasteiger charge is -2.22. The molecule has 1 rings (SSSR count). The Bertz CT molecular complexity index is 359. The van der Waals surface area contributed by atoms with Gasteiger partial charge in [-0.2, -0.15) is 0 Å². The van der Waals surface area contributed by atoms with E-state index in [0.717, 1.165) is 6.54 Å². The third kappa shape index (κ3) is 5.72. The fourth-order valence-corrected chi connectivity index (χ4v) is 2.27. The standard InChI is InChI=1S/C16H27NO2/c1-6-17-16(11-19-14(4)10-18-5)15-8-12(2)7-13(3)9-15/h7-9,14,16-17H,6,10-11H2,1-5H3. The minimum Gasteiger partial charge on any atom is -0.382 e. The van der Waals surface area contributed by atoms with Gasteiger partial charge in [0.15, 0.2) is 0 Å². The van der Waals surface area contributed by atoms with E-state index in [1.165, 1.54) is 16.7 Å². The topological polar surface area (TPSA) is 30.5 Å². The first-order chi connectivity index (χ1) is 9.06. The van der Waals surface area contributed by atoms with Gasteiger partial charge in [0.25, 0.3) is 0 Å². The van der Waals surface area contributed by atoms with E-state index in [1.807, 2.05) is 6.92 Å². The molecule has 0 aliphatic rings. The van der Waals surface area contributed by atoms with Crippen molar-refractivity contribution in [2.24, 2.45) is 0 Å². The zero-order valence-corrected chi connectivity index (χ0v) is 12.8. The fourth-order valence-electron chi connectivity index (χ4n) is 2.27. The minimum atomic E-state index is 0.122. The molecule has 3 nitrogen and oxygen atoms in total. The van der Waals surface area contributed by atoms with E-state index >= 15 is 0 Å². The number of ether oxygens (including phenoxy) is 2. The fraction of sp³-hybridized carbons (Fsp3) is 0.625. The summed E-state index contributed by atoms with van der Waals surface area (Å²) in [6.07, 6.45) is 0.122. The number of hydrogen-bond acceptors (Lipinski definition) is 3. The van der Waals surface area contributed by atoms with Gasteiger partial charge in [-0.15, -0.1) is 0 Å². The maximum absolute atomic E-state index is 5.84. The van der Waals surface area contributed by atoms with Crippen molar-refractivity contribution in [3.05, 3.63) is 34.9 Å². The molecule has 1 aromatic carbocycles. The van der Waals surface area contributed by atoms with Crippen LogP contribution in [-0.4, -0.2) is 33.0 Å². The summed E-state index contributed by atoms with van der Waals surface area (Å²) in [7, 11) is 1.70. The van der Waals surface area contributed by atoms with Crippen LogP contribution < -0.4 is 5.32 Å². The monoisotopic (exact) mass is 265 g/mol. The molecule has 0 saturated carbocycles. The molecule has 1 N–H and O–H groups in total. The van der Waals surface area contributed by atoms with E-state index in [9.17, 15) is 0 Å². The van der Waals surface area contributed by atoms with Gasteiger partial charge in [0, 0.05) is 7.11 Å². The van der Waals surface area contributed by atoms with Gasteiger partial charge in [-0.05, 0) is 32.9 Å². The second-order valence-electron chi connectivity index (χ2n) is 5.13. The van der Waals surface area contributed by atoms with Crippen molar-refractivity contribution in [3.8, 4) is 0 Å². The van der Waals surface area contributed by atoms with Crippen LogP contribution in [0.25, 0.3) is 0 Å². The normalized spacial score (nSPS) is 14.4. The lowest BCUT2D eigenvalue weighted by molar-refractivity contribution is -0.000392. The molecule has 1 aromatic rings. The van der Waals surface area contributed by atoms with Gasteiger partial charge in [-0.1, -0.05) is 36.2 Å². The van der Waals surface area contributed by atoms with Crippen molar-refractivity contribution in [2.45, 2.75) is 39.8 Å². The number of benzene rings is 1. The number of likely N-dealkylation sites (N-methyl/N-ethyl adjacent to an activating group) is 1. The highest BCUT2D eigenvalue weighted by molar-refractivity contribution is 5.30. The Kier molecular flexibility index (Phi) is 7.06. The summed E-state index contributed by atoms with van der Waals surface area (Å²) in [5.74, 6) is 0. The van der Waals surface area contributed by atoms with Crippen LogP contribution in [0.3, 0.4) is 0 Å². The van der Waals surface area contributed by atoms with Crippen LogP contribution in [0, 0.1) is 13.8 Å². The quantitative estimate of drug-likeness (QED) is 0.784. The van der Waals surface area contributed by atoms with Crippen molar-refractivity contribution in [1.29, 1.82) is 0 Å². The zero-order valence-electron chi connectivity index (χ0n) is 12.8. The second kappa shape index (κ2) is 8.31. The predicted octanol–water partition coefficient (Wildman–Crippen LogP) is 3.01. The molecule has 0 fully saturated rings. The number of rotatable bonds is 8. The molecule has 0 saturated heterocycles. The summed E-state index contributed by atoms with van der Waals surface area (Å²) < 4.78 is 10.9. The Balaban J connectivity index is 2.70. The minimum absolute atomic E-state index is 0.122. The third-order valence-electron chi connectivity index (χ3n) is 3.05. The Labute approximate surface area is 117 Å². The Morgan fingerprint density at radius 1 is 1.11 bits per heavy atom. The van der Waals surface area contributed by atoms with Crippen molar-refractivity contribution in [3.63, 3.8) is 0 Å². The van der Waals surface area contributed by atoms with E-state index < -0.39 is 0 Å². The molecular weight excluding hydrogens is 238 g/mol. The smallest absolute Gasteiger partial charge is 0.0781 e. The summed E-state index contributed by atoms with van der Waals surface area (Å²) in [5.41, 5.74) is 3.88. The zero-order chi connectivity index (χ0) is 14.3. The highest BCUT2D eigenvalue weighted by Gasteiger charge is 2.13. The largest absolute Gasteiger partial charge is 0.382 e. The molecule has 0 aliphatic heterocycles. The first-order valence-corrected chi connectivity index (χ1v) is 6.99. The average Bonchev–Trinajstić information content (AvgIpc) is 2.33. The molecule has 0 spiro atoms. The molecule has 0 amide bonds. The van der Waals surface area contributed by atoms with Gasteiger partial charge < -0.3 is 14.8 Å². The summed E-state index contributed by atoms with van der Waals surface area (Å²) in [5, 5.41) is 3.48. The molecule has 19 heavy (non-hydrogen) atoms. The van der Waals surface area contributed by atoms with Crippen molar-refractivity contribution >= 4 is 0 Å². The van der Waals surface area contributed by atoms with Crippen LogP contribution in [0.2, 0.25) is 0 Å². The second-order valence-corrected chi connectivity index (χ2v) is 5.13. The van der Waals surface area contributed by atoms with Gasteiger partial charge in [-0.25, -0.2) is 0 Å². The van der Waals surface area contributed by atoms with Crippen LogP contribution in [0.5, 0.6) is 0 Å². The summed E-state index contributed by atoms with van der Waals surface area (Å²) in [4.78, 5) is 0. The van der Waals surface area contributed by atoms with E-state index in [1.54, 1.807) is 7.11 Å². The van der Waals surface area contributed by atoms with Gasteiger partial charge in [0.1, 0.15) is 0 Å². The van der Waals surface area contributed by atoms with Gasteiger partial charge in [-0.3, -0.25) is 0 Å². The molecular formula is C16H27NO2. The molecule has 108 valence electrons. The molecule has 0 aromatic heterocycles. The lowest BCUT2D eigenvalue weighted by atomic mass is 10.0. The number of nitrogens with one attached hydrogen (secondary N) is 1. The lowest BCUT2D eigenvalue weighted by Crippen LogP contribution is -2.28. The van der Waals surface area contributed by atoms with Crippen molar-refractivity contribution in [2.75, 3.05) is 26.9 Å². The highest BCUT2D eigenvalue weighted by atomic mass is 16.5. The third-order valence-corrected chi connectivity index (χ3v) is 3.05. The van der Waals surface area contributed by atoms with Gasteiger partial charge in [0.05, 0.1) is 25.4 Å². The van der Waals surface area contributed by atoms with Crippen LogP contribution in [-0.2, 0) is 9.47 Å². The van der Waals surface area contributed by atoms with Crippen molar-refractivity contribution < 1.29 is 9.47 Å². The first kappa shape index (κ1) is 16.2. The summed E-state index contributed by atoms with van der Waals surface area (Å²) >= 11 is 0. The van der Waals surface area contributed by atoms with Crippen LogP contribution in [0.15, 0.2) is 18.2 Å². The van der Waals surface area contributed by atoms with Crippen LogP contribution in [0.1, 0.15) is 36.6 Å². The van der Waals surface area contributed by atoms with Crippen molar-refractivity contribution in [1.82, 2.24) is 5.32 Å². The molecule has 0 aliphatic carbocycles. The van der Waals surface area contributed by atoms with Gasteiger partial charge >= 0.3 is 0 Å². The Morgan fingerprint density at radius 2 is 1.74 bits per heavy atom. The van der Waals surface area contributed by atoms with Gasteiger partial charge in [0.2, 0.25) is 0 Å².